The Morgan fingerprint density at radius 2 is 1.43 bits per heavy atom. The molecule has 2 unspecified atom stereocenters. The maximum atomic E-state index is 13.7. The maximum Gasteiger partial charge on any atom is 0.328 e. The van der Waals surface area contributed by atoms with Crippen molar-refractivity contribution < 1.29 is 47.7 Å². The number of halogens is 2. The van der Waals surface area contributed by atoms with Crippen LogP contribution in [0.1, 0.15) is 40.4 Å². The number of carboxylic acids is 1. The molecule has 1 aliphatic rings. The number of amides is 3. The number of carbonyl (C=O) groups is 5. The van der Waals surface area contributed by atoms with Gasteiger partial charge >= 0.3 is 5.97 Å². The van der Waals surface area contributed by atoms with E-state index in [0.717, 1.165) is 0 Å². The number of aliphatic hydroxyl groups is 1. The molecular weight excluding hydrogens is 664 g/mol. The van der Waals surface area contributed by atoms with E-state index in [1.54, 1.807) is 54.6 Å². The summed E-state index contributed by atoms with van der Waals surface area (Å²) in [5, 5.41) is 23.3. The molecule has 1 heterocycles. The van der Waals surface area contributed by atoms with Gasteiger partial charge in [0.25, 0.3) is 5.91 Å². The fraction of sp³-hybridized carbons (Fsp3) is 0.237. The van der Waals surface area contributed by atoms with Crippen LogP contribution < -0.4 is 20.3 Å². The Hall–Kier alpha value is -5.95. The molecule has 4 aromatic rings. The Kier molecular flexibility index (Phi) is 11.9. The predicted octanol–water partition coefficient (Wildman–Crippen LogP) is 4.00. The molecule has 0 aliphatic carbocycles. The molecule has 4 aromatic carbocycles. The molecule has 0 aromatic heterocycles. The molecule has 5 rings (SSSR count). The van der Waals surface area contributed by atoms with Crippen LogP contribution in [0.4, 0.5) is 14.5 Å². The van der Waals surface area contributed by atoms with Gasteiger partial charge in [-0.05, 0) is 78.2 Å². The molecule has 11 nitrogen and oxygen atoms in total. The molecule has 13 heteroatoms. The quantitative estimate of drug-likeness (QED) is 0.101. The van der Waals surface area contributed by atoms with E-state index in [1.165, 1.54) is 53.4 Å². The SMILES string of the molecule is O=C(COc1ccc(C2C(CCC(=O)c3ccc(F)cc3)C(=O)N2c2ccc(F)cc2)cc1)N[C@@H](Cc1ccccc1)C(=O)N[C@H](CO)C(=O)O. The normalized spacial score (nSPS) is 16.4. The number of β-lactam (4-membered cyclic amide) rings is 1. The highest BCUT2D eigenvalue weighted by Crippen LogP contribution is 2.46. The molecule has 0 saturated carbocycles. The number of carboxylic acid groups (broad SMARTS) is 1. The third-order valence-electron chi connectivity index (χ3n) is 8.49. The molecule has 0 bridgehead atoms. The van der Waals surface area contributed by atoms with Crippen LogP contribution in [0.5, 0.6) is 5.75 Å². The van der Waals surface area contributed by atoms with Crippen LogP contribution in [-0.2, 0) is 25.6 Å². The molecule has 1 aliphatic heterocycles. The molecular formula is C38H35F2N3O8. The van der Waals surface area contributed by atoms with Crippen LogP contribution in [0.25, 0.3) is 0 Å². The Morgan fingerprint density at radius 3 is 2.04 bits per heavy atom. The summed E-state index contributed by atoms with van der Waals surface area (Å²) in [4.78, 5) is 64.8. The Morgan fingerprint density at radius 1 is 0.804 bits per heavy atom. The Balaban J connectivity index is 1.25. The third-order valence-corrected chi connectivity index (χ3v) is 8.49. The van der Waals surface area contributed by atoms with Gasteiger partial charge in [-0.2, -0.15) is 0 Å². The average Bonchev–Trinajstić information content (AvgIpc) is 3.13. The van der Waals surface area contributed by atoms with Gasteiger partial charge in [0, 0.05) is 24.1 Å². The first-order valence-electron chi connectivity index (χ1n) is 16.1. The first-order valence-corrected chi connectivity index (χ1v) is 16.1. The second-order valence-corrected chi connectivity index (χ2v) is 12.0. The van der Waals surface area contributed by atoms with Gasteiger partial charge in [0.15, 0.2) is 12.4 Å². The number of ketones is 1. The number of anilines is 1. The molecule has 4 N–H and O–H groups in total. The van der Waals surface area contributed by atoms with Crippen molar-refractivity contribution >= 4 is 35.2 Å². The van der Waals surface area contributed by atoms with Gasteiger partial charge in [-0.1, -0.05) is 42.5 Å². The minimum atomic E-state index is -1.55. The average molecular weight is 700 g/mol. The molecule has 3 amide bonds. The summed E-state index contributed by atoms with van der Waals surface area (Å²) in [6.07, 6.45) is 0.317. The summed E-state index contributed by atoms with van der Waals surface area (Å²) < 4.78 is 32.7. The van der Waals surface area contributed by atoms with Gasteiger partial charge in [0.1, 0.15) is 29.5 Å². The Labute approximate surface area is 291 Å². The van der Waals surface area contributed by atoms with Gasteiger partial charge in [-0.15, -0.1) is 0 Å². The van der Waals surface area contributed by atoms with E-state index in [2.05, 4.69) is 10.6 Å². The lowest BCUT2D eigenvalue weighted by atomic mass is 9.78. The highest BCUT2D eigenvalue weighted by atomic mass is 19.1. The summed E-state index contributed by atoms with van der Waals surface area (Å²) in [5.74, 6) is -4.57. The van der Waals surface area contributed by atoms with E-state index >= 15 is 0 Å². The highest BCUT2D eigenvalue weighted by molar-refractivity contribution is 6.04. The first-order chi connectivity index (χ1) is 24.5. The number of hydrogen-bond acceptors (Lipinski definition) is 7. The summed E-state index contributed by atoms with van der Waals surface area (Å²) in [6, 6.07) is 22.8. The van der Waals surface area contributed by atoms with Crippen molar-refractivity contribution in [2.75, 3.05) is 18.1 Å². The topological polar surface area (TPSA) is 162 Å². The minimum Gasteiger partial charge on any atom is -0.484 e. The third kappa shape index (κ3) is 9.19. The zero-order chi connectivity index (χ0) is 36.5. The Bertz CT molecular complexity index is 1860. The summed E-state index contributed by atoms with van der Waals surface area (Å²) in [5.41, 5.74) is 2.22. The smallest absolute Gasteiger partial charge is 0.328 e. The van der Waals surface area contributed by atoms with Crippen molar-refractivity contribution in [3.63, 3.8) is 0 Å². The molecule has 4 atom stereocenters. The van der Waals surface area contributed by atoms with Crippen molar-refractivity contribution in [2.45, 2.75) is 37.4 Å². The predicted molar refractivity (Wildman–Crippen MR) is 181 cm³/mol. The number of carbonyl (C=O) groups excluding carboxylic acids is 4. The number of nitrogens with zero attached hydrogens (tertiary/aromatic N) is 1. The summed E-state index contributed by atoms with van der Waals surface area (Å²) >= 11 is 0. The number of hydrogen-bond donors (Lipinski definition) is 4. The lowest BCUT2D eigenvalue weighted by Gasteiger charge is -2.47. The zero-order valence-electron chi connectivity index (χ0n) is 27.2. The van der Waals surface area contributed by atoms with E-state index < -0.39 is 66.7 Å². The number of nitrogens with one attached hydrogen (secondary N) is 2. The second kappa shape index (κ2) is 16.6. The monoisotopic (exact) mass is 699 g/mol. The molecule has 1 saturated heterocycles. The van der Waals surface area contributed by atoms with Gasteiger partial charge < -0.3 is 30.5 Å². The fourth-order valence-electron chi connectivity index (χ4n) is 5.83. The lowest BCUT2D eigenvalue weighted by molar-refractivity contribution is -0.143. The largest absolute Gasteiger partial charge is 0.484 e. The number of rotatable bonds is 16. The van der Waals surface area contributed by atoms with Crippen molar-refractivity contribution in [3.8, 4) is 5.75 Å². The van der Waals surface area contributed by atoms with Gasteiger partial charge in [-0.3, -0.25) is 19.2 Å². The van der Waals surface area contributed by atoms with Gasteiger partial charge in [0.05, 0.1) is 18.6 Å². The zero-order valence-corrected chi connectivity index (χ0v) is 27.2. The van der Waals surface area contributed by atoms with Crippen molar-refractivity contribution in [1.82, 2.24) is 10.6 Å². The van der Waals surface area contributed by atoms with Gasteiger partial charge in [-0.25, -0.2) is 13.6 Å². The van der Waals surface area contributed by atoms with Crippen molar-refractivity contribution in [3.05, 3.63) is 131 Å². The van der Waals surface area contributed by atoms with E-state index in [0.29, 0.717) is 28.1 Å². The number of aliphatic carboxylic acids is 1. The van der Waals surface area contributed by atoms with Crippen LogP contribution in [0.3, 0.4) is 0 Å². The van der Waals surface area contributed by atoms with Crippen LogP contribution >= 0.6 is 0 Å². The molecule has 0 radical (unpaired) electrons. The minimum absolute atomic E-state index is 0.0478. The number of ether oxygens (including phenoxy) is 1. The molecule has 264 valence electrons. The van der Waals surface area contributed by atoms with Crippen molar-refractivity contribution in [2.24, 2.45) is 5.92 Å². The highest BCUT2D eigenvalue weighted by Gasteiger charge is 2.48. The molecule has 51 heavy (non-hydrogen) atoms. The van der Waals surface area contributed by atoms with Crippen LogP contribution in [-0.4, -0.2) is 65.0 Å². The molecule has 0 spiro atoms. The summed E-state index contributed by atoms with van der Waals surface area (Å²) in [7, 11) is 0. The fourth-order valence-corrected chi connectivity index (χ4v) is 5.83. The maximum absolute atomic E-state index is 13.7. The van der Waals surface area contributed by atoms with Crippen LogP contribution in [0.2, 0.25) is 0 Å². The van der Waals surface area contributed by atoms with Gasteiger partial charge in [0.2, 0.25) is 11.8 Å². The van der Waals surface area contributed by atoms with E-state index in [4.69, 9.17) is 4.74 Å². The van der Waals surface area contributed by atoms with E-state index in [9.17, 15) is 43.0 Å². The van der Waals surface area contributed by atoms with E-state index in [-0.39, 0.29) is 31.0 Å². The van der Waals surface area contributed by atoms with Crippen molar-refractivity contribution in [1.29, 1.82) is 0 Å². The lowest BCUT2D eigenvalue weighted by Crippen LogP contribution is -2.55. The van der Waals surface area contributed by atoms with Crippen LogP contribution in [0, 0.1) is 17.6 Å². The first kappa shape index (κ1) is 36.3. The molecule has 1 fully saturated rings. The second-order valence-electron chi connectivity index (χ2n) is 12.0. The number of benzene rings is 4. The number of aliphatic hydroxyl groups excluding tert-OH is 1. The van der Waals surface area contributed by atoms with Crippen LogP contribution in [0.15, 0.2) is 103 Å². The van der Waals surface area contributed by atoms with E-state index in [1.807, 2.05) is 0 Å². The number of Topliss-reactive ketones (excluding diaryl/α,β-unsaturated/α-hetero) is 1. The standard InChI is InChI=1S/C38H35F2N3O8/c39-26-10-6-24(7-11-26)33(45)19-18-30-35(43(37(30)48)28-14-12-27(40)13-15-28)25-8-16-29(17-9-25)51-22-34(46)41-31(20-23-4-2-1-3-5-23)36(47)42-32(21-44)38(49)50/h1-17,30-32,35,44H,18-22H2,(H,41,46)(H,42,47)(H,49,50)/t30?,31-,32+,35?/m0/s1. The summed E-state index contributed by atoms with van der Waals surface area (Å²) in [6.45, 7) is -1.32.